The van der Waals surface area contributed by atoms with Crippen molar-refractivity contribution in [3.8, 4) is 0 Å². The fourth-order valence-electron chi connectivity index (χ4n) is 2.37. The summed E-state index contributed by atoms with van der Waals surface area (Å²) < 4.78 is 0. The van der Waals surface area contributed by atoms with Gasteiger partial charge >= 0.3 is 0 Å². The van der Waals surface area contributed by atoms with Gasteiger partial charge in [-0.2, -0.15) is 0 Å². The number of carbonyl (C=O) groups excluding carboxylic acids is 2. The number of amides is 2. The quantitative estimate of drug-likeness (QED) is 0.785. The summed E-state index contributed by atoms with van der Waals surface area (Å²) >= 11 is 0. The molecule has 4 heteroatoms. The summed E-state index contributed by atoms with van der Waals surface area (Å²) in [6, 6.07) is -0.476. The average Bonchev–Trinajstić information content (AvgIpc) is 2.26. The molecule has 0 aromatic carbocycles. The third kappa shape index (κ3) is 2.20. The van der Waals surface area contributed by atoms with Crippen molar-refractivity contribution in [2.24, 2.45) is 0 Å². The highest BCUT2D eigenvalue weighted by atomic mass is 16.2. The van der Waals surface area contributed by atoms with Gasteiger partial charge in [0.05, 0.1) is 0 Å². The summed E-state index contributed by atoms with van der Waals surface area (Å²) in [6.07, 6.45) is 2.48. The second-order valence-electron chi connectivity index (χ2n) is 4.37. The molecule has 1 aliphatic rings. The molecule has 1 rings (SSSR count). The molecular weight excluding hydrogens is 204 g/mol. The van der Waals surface area contributed by atoms with E-state index in [0.29, 0.717) is 6.42 Å². The Bertz CT molecular complexity index is 274. The van der Waals surface area contributed by atoms with Crippen LogP contribution in [0.15, 0.2) is 0 Å². The van der Waals surface area contributed by atoms with Crippen LogP contribution >= 0.6 is 0 Å². The van der Waals surface area contributed by atoms with E-state index in [4.69, 9.17) is 0 Å². The number of hydrogen-bond acceptors (Lipinski definition) is 2. The summed E-state index contributed by atoms with van der Waals surface area (Å²) in [5, 5.41) is 2.73. The molecule has 0 bridgehead atoms. The van der Waals surface area contributed by atoms with Crippen LogP contribution in [0, 0.1) is 0 Å². The van der Waals surface area contributed by atoms with Crippen molar-refractivity contribution < 1.29 is 9.59 Å². The zero-order valence-corrected chi connectivity index (χ0v) is 10.6. The Kier molecular flexibility index (Phi) is 4.33. The van der Waals surface area contributed by atoms with Crippen molar-refractivity contribution in [3.63, 3.8) is 0 Å². The predicted molar refractivity (Wildman–Crippen MR) is 62.9 cm³/mol. The molecule has 4 nitrogen and oxygen atoms in total. The third-order valence-corrected chi connectivity index (χ3v) is 3.34. The maximum absolute atomic E-state index is 12.1. The molecule has 0 saturated carbocycles. The van der Waals surface area contributed by atoms with E-state index in [-0.39, 0.29) is 29.9 Å². The van der Waals surface area contributed by atoms with Crippen LogP contribution in [0.5, 0.6) is 0 Å². The minimum absolute atomic E-state index is 0.0125. The number of hydrogen-bond donors (Lipinski definition) is 1. The molecule has 1 saturated heterocycles. The summed E-state index contributed by atoms with van der Waals surface area (Å²) in [7, 11) is 0. The molecule has 2 unspecified atom stereocenters. The van der Waals surface area contributed by atoms with E-state index in [1.807, 2.05) is 6.92 Å². The number of rotatable bonds is 4. The first kappa shape index (κ1) is 13.0. The van der Waals surface area contributed by atoms with Gasteiger partial charge in [-0.25, -0.2) is 0 Å². The van der Waals surface area contributed by atoms with E-state index in [2.05, 4.69) is 19.2 Å². The van der Waals surface area contributed by atoms with Crippen LogP contribution < -0.4 is 5.32 Å². The molecule has 0 aliphatic carbocycles. The smallest absolute Gasteiger partial charge is 0.245 e. The lowest BCUT2D eigenvalue weighted by atomic mass is 10.00. The maximum atomic E-state index is 12.1. The average molecular weight is 226 g/mol. The molecule has 1 fully saturated rings. The summed E-state index contributed by atoms with van der Waals surface area (Å²) in [5.41, 5.74) is 0. The first-order chi connectivity index (χ1) is 7.56. The first-order valence-electron chi connectivity index (χ1n) is 6.19. The molecule has 16 heavy (non-hydrogen) atoms. The van der Waals surface area contributed by atoms with Crippen LogP contribution in [0.3, 0.4) is 0 Å². The van der Waals surface area contributed by atoms with Gasteiger partial charge in [-0.3, -0.25) is 9.59 Å². The van der Waals surface area contributed by atoms with E-state index in [0.717, 1.165) is 12.8 Å². The molecule has 0 aromatic rings. The fraction of sp³-hybridized carbons (Fsp3) is 0.833. The topological polar surface area (TPSA) is 49.4 Å². The van der Waals surface area contributed by atoms with Gasteiger partial charge in [-0.05, 0) is 26.2 Å². The van der Waals surface area contributed by atoms with Crippen LogP contribution in [-0.4, -0.2) is 34.8 Å². The van der Waals surface area contributed by atoms with Crippen molar-refractivity contribution in [2.75, 3.05) is 0 Å². The van der Waals surface area contributed by atoms with Gasteiger partial charge in [-0.1, -0.05) is 20.8 Å². The monoisotopic (exact) mass is 226 g/mol. The Morgan fingerprint density at radius 1 is 1.25 bits per heavy atom. The van der Waals surface area contributed by atoms with Gasteiger partial charge in [-0.15, -0.1) is 0 Å². The molecule has 0 radical (unpaired) electrons. The predicted octanol–water partition coefficient (Wildman–Crippen LogP) is 1.30. The zero-order chi connectivity index (χ0) is 12.3. The van der Waals surface area contributed by atoms with Crippen LogP contribution in [-0.2, 0) is 9.59 Å². The standard InChI is InChI=1S/C12H22N2O2/c1-5-9(6-2)14-10(7-3)11(15)13-8(4)12(14)16/h8-10H,5-7H2,1-4H3,(H,13,15). The largest absolute Gasteiger partial charge is 0.343 e. The molecular formula is C12H22N2O2. The lowest BCUT2D eigenvalue weighted by Gasteiger charge is -2.42. The second kappa shape index (κ2) is 5.32. The van der Waals surface area contributed by atoms with Crippen molar-refractivity contribution in [3.05, 3.63) is 0 Å². The number of nitrogens with zero attached hydrogens (tertiary/aromatic N) is 1. The highest BCUT2D eigenvalue weighted by Gasteiger charge is 2.39. The van der Waals surface area contributed by atoms with Gasteiger partial charge in [0, 0.05) is 6.04 Å². The minimum atomic E-state index is -0.379. The first-order valence-corrected chi connectivity index (χ1v) is 6.19. The molecule has 1 heterocycles. The summed E-state index contributed by atoms with van der Waals surface area (Å²) in [6.45, 7) is 7.82. The van der Waals surface area contributed by atoms with Gasteiger partial charge in [0.2, 0.25) is 11.8 Å². The van der Waals surface area contributed by atoms with Crippen molar-refractivity contribution >= 4 is 11.8 Å². The van der Waals surface area contributed by atoms with Gasteiger partial charge in [0.15, 0.2) is 0 Å². The second-order valence-corrected chi connectivity index (χ2v) is 4.37. The van der Waals surface area contributed by atoms with Crippen LogP contribution in [0.2, 0.25) is 0 Å². The number of carbonyl (C=O) groups is 2. The van der Waals surface area contributed by atoms with Crippen LogP contribution in [0.1, 0.15) is 47.0 Å². The number of nitrogens with one attached hydrogen (secondary N) is 1. The Morgan fingerprint density at radius 2 is 1.81 bits per heavy atom. The van der Waals surface area contributed by atoms with E-state index in [1.54, 1.807) is 11.8 Å². The lowest BCUT2D eigenvalue weighted by molar-refractivity contribution is -0.152. The Balaban J connectivity index is 2.97. The van der Waals surface area contributed by atoms with Crippen molar-refractivity contribution in [1.82, 2.24) is 10.2 Å². The highest BCUT2D eigenvalue weighted by molar-refractivity contribution is 5.96. The molecule has 92 valence electrons. The normalized spacial score (nSPS) is 26.2. The zero-order valence-electron chi connectivity index (χ0n) is 10.6. The van der Waals surface area contributed by atoms with Crippen molar-refractivity contribution in [1.29, 1.82) is 0 Å². The van der Waals surface area contributed by atoms with Gasteiger partial charge < -0.3 is 10.2 Å². The van der Waals surface area contributed by atoms with E-state index >= 15 is 0 Å². The Hall–Kier alpha value is -1.06. The summed E-state index contributed by atoms with van der Waals surface area (Å²) in [5.74, 6) is 0.0432. The highest BCUT2D eigenvalue weighted by Crippen LogP contribution is 2.20. The maximum Gasteiger partial charge on any atom is 0.245 e. The third-order valence-electron chi connectivity index (χ3n) is 3.34. The lowest BCUT2D eigenvalue weighted by Crippen LogP contribution is -2.64. The van der Waals surface area contributed by atoms with E-state index in [1.165, 1.54) is 0 Å². The molecule has 1 N–H and O–H groups in total. The fourth-order valence-corrected chi connectivity index (χ4v) is 2.37. The molecule has 0 spiro atoms. The van der Waals surface area contributed by atoms with Crippen molar-refractivity contribution in [2.45, 2.75) is 65.1 Å². The van der Waals surface area contributed by atoms with E-state index in [9.17, 15) is 9.59 Å². The molecule has 1 aliphatic heterocycles. The van der Waals surface area contributed by atoms with Gasteiger partial charge in [0.1, 0.15) is 12.1 Å². The SMILES string of the molecule is CCC(CC)N1C(=O)C(C)NC(=O)C1CC. The Labute approximate surface area is 97.4 Å². The molecule has 2 atom stereocenters. The Morgan fingerprint density at radius 3 is 2.25 bits per heavy atom. The number of piperazine rings is 1. The molecule has 2 amide bonds. The molecule has 0 aromatic heterocycles. The van der Waals surface area contributed by atoms with Gasteiger partial charge in [0.25, 0.3) is 0 Å². The minimum Gasteiger partial charge on any atom is -0.343 e. The van der Waals surface area contributed by atoms with Crippen LogP contribution in [0.25, 0.3) is 0 Å². The summed E-state index contributed by atoms with van der Waals surface area (Å²) in [4.78, 5) is 25.7. The van der Waals surface area contributed by atoms with E-state index < -0.39 is 0 Å². The van der Waals surface area contributed by atoms with Crippen LogP contribution in [0.4, 0.5) is 0 Å².